The molecule has 6 heteroatoms. The molecule has 0 aromatic rings. The molecule has 0 aliphatic carbocycles. The fraction of sp³-hybridized carbons (Fsp3) is 0.693. The lowest BCUT2D eigenvalue weighted by molar-refractivity contribution is -0.167. The van der Waals surface area contributed by atoms with Gasteiger partial charge in [0.15, 0.2) is 6.10 Å². The number of rotatable bonds is 61. The number of carbonyl (C=O) groups excluding carboxylic acids is 3. The number of carbonyl (C=O) groups is 3. The zero-order chi connectivity index (χ0) is 58.5. The maximum absolute atomic E-state index is 12.9. The molecular weight excluding hydrogens is 997 g/mol. The molecule has 1 atom stereocenters. The minimum absolute atomic E-state index is 0.0809. The summed E-state index contributed by atoms with van der Waals surface area (Å²) in [4.78, 5) is 38.3. The Hall–Kier alpha value is -4.19. The lowest BCUT2D eigenvalue weighted by Crippen LogP contribution is -2.30. The largest absolute Gasteiger partial charge is 0.462 e. The van der Waals surface area contributed by atoms with E-state index >= 15 is 0 Å². The molecule has 0 bridgehead atoms. The van der Waals surface area contributed by atoms with Crippen LogP contribution >= 0.6 is 0 Å². The van der Waals surface area contributed by atoms with Crippen LogP contribution in [0.15, 0.2) is 122 Å². The summed E-state index contributed by atoms with van der Waals surface area (Å²) in [6.07, 6.45) is 95.0. The maximum atomic E-state index is 12.9. The number of hydrogen-bond acceptors (Lipinski definition) is 6. The molecule has 462 valence electrons. The van der Waals surface area contributed by atoms with E-state index in [1.54, 1.807) is 0 Å². The Bertz CT molecular complexity index is 1670. The van der Waals surface area contributed by atoms with E-state index in [0.29, 0.717) is 19.3 Å². The van der Waals surface area contributed by atoms with Crippen molar-refractivity contribution in [3.63, 3.8) is 0 Å². The van der Waals surface area contributed by atoms with E-state index in [2.05, 4.69) is 142 Å². The highest BCUT2D eigenvalue weighted by Gasteiger charge is 2.19. The molecule has 0 saturated heterocycles. The highest BCUT2D eigenvalue weighted by atomic mass is 16.6. The van der Waals surface area contributed by atoms with E-state index in [4.69, 9.17) is 14.2 Å². The van der Waals surface area contributed by atoms with Gasteiger partial charge in [0.05, 0.1) is 0 Å². The van der Waals surface area contributed by atoms with Crippen LogP contribution in [-0.4, -0.2) is 37.2 Å². The van der Waals surface area contributed by atoms with Crippen LogP contribution in [0, 0.1) is 0 Å². The highest BCUT2D eigenvalue weighted by Crippen LogP contribution is 2.17. The normalized spacial score (nSPS) is 12.9. The Labute approximate surface area is 501 Å². The van der Waals surface area contributed by atoms with Gasteiger partial charge in [-0.1, -0.05) is 309 Å². The van der Waals surface area contributed by atoms with Gasteiger partial charge in [-0.15, -0.1) is 0 Å². The molecule has 0 heterocycles. The molecule has 0 aliphatic heterocycles. The first-order valence-corrected chi connectivity index (χ1v) is 34.0. The van der Waals surface area contributed by atoms with Gasteiger partial charge in [0.25, 0.3) is 0 Å². The van der Waals surface area contributed by atoms with Crippen LogP contribution in [0.2, 0.25) is 0 Å². The molecule has 0 fully saturated rings. The summed E-state index contributed by atoms with van der Waals surface area (Å²) in [6, 6.07) is 0. The first kappa shape index (κ1) is 76.8. The molecule has 81 heavy (non-hydrogen) atoms. The Morgan fingerprint density at radius 2 is 0.481 bits per heavy atom. The Morgan fingerprint density at radius 3 is 0.753 bits per heavy atom. The molecule has 0 N–H and O–H groups in total. The lowest BCUT2D eigenvalue weighted by Gasteiger charge is -2.18. The van der Waals surface area contributed by atoms with Crippen LogP contribution < -0.4 is 0 Å². The Kier molecular flexibility index (Phi) is 64.8. The van der Waals surface area contributed by atoms with Gasteiger partial charge >= 0.3 is 17.9 Å². The standard InChI is InChI=1S/C75H126O6/c1-4-7-10-13-16-19-22-25-27-29-30-31-32-33-34-35-36-37-38-39-40-41-42-43-44-46-47-50-53-56-59-62-65-68-74(77)80-71-72(70-79-73(76)67-64-61-58-55-52-49-24-21-18-15-12-9-6-3)81-75(78)69-66-63-60-57-54-51-48-45-28-26-23-20-17-14-11-8-5-2/h7-8,10-11,16-17,19-20,25-28,30-31,33-34,36-37,39-40,72H,4-6,9,12-15,18,21-24,29,32,35,38,41-71H2,1-3H3/b10-7-,11-8-,19-16-,20-17-,27-25-,28-26-,31-30-,34-33-,37-36-,40-39-. The Morgan fingerprint density at radius 1 is 0.259 bits per heavy atom. The minimum Gasteiger partial charge on any atom is -0.462 e. The van der Waals surface area contributed by atoms with Crippen molar-refractivity contribution in [1.82, 2.24) is 0 Å². The van der Waals surface area contributed by atoms with Crippen LogP contribution in [0.25, 0.3) is 0 Å². The van der Waals surface area contributed by atoms with Crippen LogP contribution in [0.5, 0.6) is 0 Å². The number of hydrogen-bond donors (Lipinski definition) is 0. The average molecular weight is 1120 g/mol. The quantitative estimate of drug-likeness (QED) is 0.0261. The molecule has 0 aliphatic rings. The van der Waals surface area contributed by atoms with Gasteiger partial charge in [-0.25, -0.2) is 0 Å². The molecule has 0 saturated carbocycles. The molecule has 0 radical (unpaired) electrons. The van der Waals surface area contributed by atoms with Crippen LogP contribution in [0.3, 0.4) is 0 Å². The summed E-state index contributed by atoms with van der Waals surface area (Å²) in [5, 5.41) is 0. The van der Waals surface area contributed by atoms with Gasteiger partial charge in [0.1, 0.15) is 13.2 Å². The zero-order valence-corrected chi connectivity index (χ0v) is 53.0. The summed E-state index contributed by atoms with van der Waals surface area (Å²) in [5.74, 6) is -0.884. The zero-order valence-electron chi connectivity index (χ0n) is 53.0. The van der Waals surface area contributed by atoms with E-state index in [-0.39, 0.29) is 31.1 Å². The number of unbranched alkanes of at least 4 members (excludes halogenated alkanes) is 30. The first-order valence-electron chi connectivity index (χ1n) is 34.0. The van der Waals surface area contributed by atoms with Gasteiger partial charge in [0.2, 0.25) is 0 Å². The van der Waals surface area contributed by atoms with E-state index < -0.39 is 6.10 Å². The second kappa shape index (κ2) is 68.3. The van der Waals surface area contributed by atoms with Gasteiger partial charge in [0, 0.05) is 19.3 Å². The minimum atomic E-state index is -0.786. The smallest absolute Gasteiger partial charge is 0.306 e. The maximum Gasteiger partial charge on any atom is 0.306 e. The van der Waals surface area contributed by atoms with E-state index in [1.807, 2.05) is 0 Å². The number of allylic oxidation sites excluding steroid dienone is 20. The third-order valence-electron chi connectivity index (χ3n) is 14.5. The molecule has 0 aromatic carbocycles. The summed E-state index contributed by atoms with van der Waals surface area (Å²) in [6.45, 7) is 6.43. The fourth-order valence-corrected chi connectivity index (χ4v) is 9.44. The predicted octanol–water partition coefficient (Wildman–Crippen LogP) is 23.6. The molecule has 0 aromatic heterocycles. The average Bonchev–Trinajstić information content (AvgIpc) is 3.46. The van der Waals surface area contributed by atoms with Gasteiger partial charge in [-0.05, 0) is 109 Å². The second-order valence-corrected chi connectivity index (χ2v) is 22.3. The molecule has 0 spiro atoms. The number of esters is 3. The van der Waals surface area contributed by atoms with E-state index in [1.165, 1.54) is 148 Å². The van der Waals surface area contributed by atoms with Gasteiger partial charge < -0.3 is 14.2 Å². The third-order valence-corrected chi connectivity index (χ3v) is 14.5. The van der Waals surface area contributed by atoms with E-state index in [9.17, 15) is 14.4 Å². The first-order chi connectivity index (χ1) is 40.0. The van der Waals surface area contributed by atoms with Crippen molar-refractivity contribution < 1.29 is 28.6 Å². The molecule has 6 nitrogen and oxygen atoms in total. The van der Waals surface area contributed by atoms with Crippen molar-refractivity contribution in [2.75, 3.05) is 13.2 Å². The topological polar surface area (TPSA) is 78.9 Å². The van der Waals surface area contributed by atoms with Crippen LogP contribution in [0.1, 0.15) is 316 Å². The predicted molar refractivity (Wildman–Crippen MR) is 353 cm³/mol. The van der Waals surface area contributed by atoms with Crippen molar-refractivity contribution in [2.45, 2.75) is 322 Å². The molecule has 0 amide bonds. The Balaban J connectivity index is 4.24. The van der Waals surface area contributed by atoms with Crippen molar-refractivity contribution in [2.24, 2.45) is 0 Å². The summed E-state index contributed by atoms with van der Waals surface area (Å²) in [7, 11) is 0. The lowest BCUT2D eigenvalue weighted by atomic mass is 10.0. The van der Waals surface area contributed by atoms with Crippen LogP contribution in [-0.2, 0) is 28.6 Å². The van der Waals surface area contributed by atoms with Crippen molar-refractivity contribution in [3.05, 3.63) is 122 Å². The number of ether oxygens (including phenoxy) is 3. The van der Waals surface area contributed by atoms with Crippen molar-refractivity contribution >= 4 is 17.9 Å². The summed E-state index contributed by atoms with van der Waals surface area (Å²) < 4.78 is 16.9. The van der Waals surface area contributed by atoms with Crippen LogP contribution in [0.4, 0.5) is 0 Å². The second-order valence-electron chi connectivity index (χ2n) is 22.3. The fourth-order valence-electron chi connectivity index (χ4n) is 9.44. The molecular formula is C75H126O6. The van der Waals surface area contributed by atoms with E-state index in [0.717, 1.165) is 128 Å². The monoisotopic (exact) mass is 1120 g/mol. The van der Waals surface area contributed by atoms with Gasteiger partial charge in [-0.2, -0.15) is 0 Å². The molecule has 0 rings (SSSR count). The van der Waals surface area contributed by atoms with Crippen molar-refractivity contribution in [3.8, 4) is 0 Å². The summed E-state index contributed by atoms with van der Waals surface area (Å²) in [5.41, 5.74) is 0. The van der Waals surface area contributed by atoms with Crippen molar-refractivity contribution in [1.29, 1.82) is 0 Å². The third kappa shape index (κ3) is 66.5. The summed E-state index contributed by atoms with van der Waals surface area (Å²) >= 11 is 0. The molecule has 1 unspecified atom stereocenters. The SMILES string of the molecule is CC/C=C\C/C=C\C/C=C\C/C=C\C/C=C\C/C=C\C/C=C\CCCCCCCCCCCCCC(=O)OCC(COC(=O)CCCCCCCCCCCCCCC)OC(=O)CCCCCCCCC/C=C\C/C=C\C/C=C\CC. The van der Waals surface area contributed by atoms with Gasteiger partial charge in [-0.3, -0.25) is 14.4 Å². The highest BCUT2D eigenvalue weighted by molar-refractivity contribution is 5.71.